The van der Waals surface area contributed by atoms with Crippen molar-refractivity contribution < 1.29 is 23.4 Å². The van der Waals surface area contributed by atoms with Crippen molar-refractivity contribution in [2.75, 3.05) is 5.32 Å². The molecule has 150 valence electrons. The van der Waals surface area contributed by atoms with Gasteiger partial charge in [0.25, 0.3) is 0 Å². The molecule has 2 aromatic carbocycles. The molecular formula is C21H24NO5S-. The van der Waals surface area contributed by atoms with E-state index in [2.05, 4.69) is 5.32 Å². The lowest BCUT2D eigenvalue weighted by Crippen LogP contribution is -2.27. The van der Waals surface area contributed by atoms with Crippen LogP contribution in [-0.4, -0.2) is 30.8 Å². The highest BCUT2D eigenvalue weighted by atomic mass is 32.2. The van der Waals surface area contributed by atoms with Crippen LogP contribution >= 0.6 is 0 Å². The third-order valence-electron chi connectivity index (χ3n) is 3.70. The summed E-state index contributed by atoms with van der Waals surface area (Å²) < 4.78 is 28.3. The van der Waals surface area contributed by atoms with Crippen molar-refractivity contribution in [1.29, 1.82) is 0 Å². The van der Waals surface area contributed by atoms with Crippen LogP contribution in [0.5, 0.6) is 5.75 Å². The van der Waals surface area contributed by atoms with Gasteiger partial charge in [0.05, 0.1) is 0 Å². The summed E-state index contributed by atoms with van der Waals surface area (Å²) in [5.74, 6) is -0.0999. The van der Waals surface area contributed by atoms with Crippen LogP contribution in [0, 0.1) is 0 Å². The van der Waals surface area contributed by atoms with Gasteiger partial charge < -0.3 is 14.4 Å². The Bertz CT molecular complexity index is 859. The van der Waals surface area contributed by atoms with E-state index in [9.17, 15) is 18.7 Å². The number of rotatable bonds is 6. The number of benzene rings is 2. The van der Waals surface area contributed by atoms with E-state index in [1.807, 2.05) is 30.3 Å². The molecule has 1 amide bonds. The highest BCUT2D eigenvalue weighted by molar-refractivity contribution is 7.80. The van der Waals surface area contributed by atoms with Gasteiger partial charge in [-0.3, -0.25) is 9.53 Å². The largest absolute Gasteiger partial charge is 0.772 e. The van der Waals surface area contributed by atoms with E-state index in [1.54, 1.807) is 45.1 Å². The van der Waals surface area contributed by atoms with Crippen molar-refractivity contribution in [3.63, 3.8) is 0 Å². The van der Waals surface area contributed by atoms with E-state index in [0.29, 0.717) is 11.3 Å². The van der Waals surface area contributed by atoms with E-state index >= 15 is 0 Å². The molecule has 0 aliphatic rings. The monoisotopic (exact) mass is 402 g/mol. The Morgan fingerprint density at radius 2 is 1.93 bits per heavy atom. The summed E-state index contributed by atoms with van der Waals surface area (Å²) in [6.07, 6.45) is 2.79. The lowest BCUT2D eigenvalue weighted by atomic mass is 10.1. The highest BCUT2D eigenvalue weighted by Gasteiger charge is 2.17. The quantitative estimate of drug-likeness (QED) is 0.704. The van der Waals surface area contributed by atoms with Crippen LogP contribution in [0.3, 0.4) is 0 Å². The second kappa shape index (κ2) is 9.52. The number of aromatic hydroxyl groups is 1. The zero-order chi connectivity index (χ0) is 20.7. The number of phenols is 1. The predicted octanol–water partition coefficient (Wildman–Crippen LogP) is 4.24. The van der Waals surface area contributed by atoms with Crippen LogP contribution in [0.1, 0.15) is 31.9 Å². The van der Waals surface area contributed by atoms with Gasteiger partial charge in [-0.05, 0) is 55.5 Å². The molecule has 0 aromatic heterocycles. The lowest BCUT2D eigenvalue weighted by molar-refractivity contribution is 0.0636. The molecule has 0 aliphatic carbocycles. The predicted molar refractivity (Wildman–Crippen MR) is 110 cm³/mol. The van der Waals surface area contributed by atoms with Gasteiger partial charge in [-0.1, -0.05) is 48.6 Å². The van der Waals surface area contributed by atoms with E-state index in [4.69, 9.17) is 4.74 Å². The molecule has 2 N–H and O–H groups in total. The Balaban J connectivity index is 2.08. The zero-order valence-electron chi connectivity index (χ0n) is 16.0. The van der Waals surface area contributed by atoms with Crippen LogP contribution < -0.4 is 5.32 Å². The minimum atomic E-state index is -2.35. The molecule has 28 heavy (non-hydrogen) atoms. The summed E-state index contributed by atoms with van der Waals surface area (Å²) in [7, 11) is 0. The number of carbonyl (C=O) groups is 1. The number of amides is 1. The number of ether oxygens (including phenoxy) is 1. The number of anilines is 1. The Morgan fingerprint density at radius 1 is 1.25 bits per heavy atom. The Labute approximate surface area is 167 Å². The second-order valence-corrected chi connectivity index (χ2v) is 8.37. The van der Waals surface area contributed by atoms with Crippen molar-refractivity contribution in [2.24, 2.45) is 0 Å². The van der Waals surface area contributed by atoms with E-state index in [-0.39, 0.29) is 12.2 Å². The number of phenolic OH excluding ortho intramolecular Hbond substituents is 1. The summed E-state index contributed by atoms with van der Waals surface area (Å²) >= 11 is -2.35. The molecule has 0 aliphatic heterocycles. The minimum Gasteiger partial charge on any atom is -0.772 e. The van der Waals surface area contributed by atoms with Crippen molar-refractivity contribution in [2.45, 2.75) is 38.0 Å². The maximum Gasteiger partial charge on any atom is 0.412 e. The van der Waals surface area contributed by atoms with Crippen LogP contribution in [0.4, 0.5) is 10.5 Å². The molecule has 0 fully saturated rings. The molecule has 2 atom stereocenters. The van der Waals surface area contributed by atoms with E-state index < -0.39 is 28.0 Å². The summed E-state index contributed by atoms with van der Waals surface area (Å²) in [5.41, 5.74) is 1.07. The lowest BCUT2D eigenvalue weighted by Gasteiger charge is -2.20. The first kappa shape index (κ1) is 21.7. The standard InChI is InChI=1S/C21H25NO5S/c1-21(2,3)27-20(24)22-17-11-10-16(19(23)14-17)13-18(28(25)26)12-9-15-7-5-4-6-8-15/h4-12,14,18,23H,13H2,1-3H3,(H,22,24)(H,25,26)/p-1. The fourth-order valence-corrected chi connectivity index (χ4v) is 2.96. The van der Waals surface area contributed by atoms with Crippen LogP contribution in [-0.2, 0) is 22.2 Å². The summed E-state index contributed by atoms with van der Waals surface area (Å²) in [5, 5.41) is 12.0. The van der Waals surface area contributed by atoms with Gasteiger partial charge in [0.1, 0.15) is 11.4 Å². The fourth-order valence-electron chi connectivity index (χ4n) is 2.44. The molecule has 0 saturated heterocycles. The third kappa shape index (κ3) is 7.17. The van der Waals surface area contributed by atoms with Gasteiger partial charge in [0, 0.05) is 17.0 Å². The van der Waals surface area contributed by atoms with E-state index in [1.165, 1.54) is 6.07 Å². The number of hydrogen-bond acceptors (Lipinski definition) is 5. The number of carbonyl (C=O) groups excluding carboxylic acids is 1. The van der Waals surface area contributed by atoms with Crippen LogP contribution in [0.2, 0.25) is 0 Å². The summed E-state index contributed by atoms with van der Waals surface area (Å²) in [6.45, 7) is 5.25. The molecule has 0 radical (unpaired) electrons. The molecule has 6 nitrogen and oxygen atoms in total. The first-order valence-corrected chi connectivity index (χ1v) is 9.91. The average molecular weight is 402 g/mol. The van der Waals surface area contributed by atoms with Crippen molar-refractivity contribution in [1.82, 2.24) is 0 Å². The Morgan fingerprint density at radius 3 is 2.50 bits per heavy atom. The second-order valence-electron chi connectivity index (χ2n) is 7.24. The molecule has 2 rings (SSSR count). The van der Waals surface area contributed by atoms with Gasteiger partial charge in [-0.2, -0.15) is 0 Å². The fraction of sp³-hybridized carbons (Fsp3) is 0.286. The van der Waals surface area contributed by atoms with Gasteiger partial charge in [-0.25, -0.2) is 4.79 Å². The van der Waals surface area contributed by atoms with E-state index in [0.717, 1.165) is 5.56 Å². The topological polar surface area (TPSA) is 98.7 Å². The Kier molecular flexibility index (Phi) is 7.37. The Hall–Kier alpha value is -2.64. The number of nitrogens with one attached hydrogen (secondary N) is 1. The minimum absolute atomic E-state index is 0.0999. The molecule has 0 bridgehead atoms. The smallest absolute Gasteiger partial charge is 0.412 e. The van der Waals surface area contributed by atoms with Crippen LogP contribution in [0.15, 0.2) is 54.6 Å². The normalized spacial score (nSPS) is 13.9. The molecule has 0 saturated carbocycles. The zero-order valence-corrected chi connectivity index (χ0v) is 16.9. The van der Waals surface area contributed by atoms with Crippen LogP contribution in [0.25, 0.3) is 6.08 Å². The van der Waals surface area contributed by atoms with Gasteiger partial charge in [-0.15, -0.1) is 0 Å². The summed E-state index contributed by atoms with van der Waals surface area (Å²) in [4.78, 5) is 11.8. The first-order valence-electron chi connectivity index (χ1n) is 8.77. The maximum absolute atomic E-state index is 11.8. The molecule has 2 unspecified atom stereocenters. The summed E-state index contributed by atoms with van der Waals surface area (Å²) in [6, 6.07) is 13.9. The van der Waals surface area contributed by atoms with Gasteiger partial charge >= 0.3 is 6.09 Å². The van der Waals surface area contributed by atoms with Crippen molar-refractivity contribution in [3.05, 3.63) is 65.7 Å². The van der Waals surface area contributed by atoms with Crippen molar-refractivity contribution >= 4 is 28.9 Å². The maximum atomic E-state index is 11.8. The van der Waals surface area contributed by atoms with Gasteiger partial charge in [0.2, 0.25) is 0 Å². The van der Waals surface area contributed by atoms with Crippen molar-refractivity contribution in [3.8, 4) is 5.75 Å². The molecule has 2 aromatic rings. The first-order chi connectivity index (χ1) is 13.1. The highest BCUT2D eigenvalue weighted by Crippen LogP contribution is 2.25. The number of hydrogen-bond donors (Lipinski definition) is 2. The molecular weight excluding hydrogens is 378 g/mol. The third-order valence-corrected chi connectivity index (χ3v) is 4.52. The molecule has 7 heteroatoms. The van der Waals surface area contributed by atoms with Gasteiger partial charge in [0.15, 0.2) is 0 Å². The molecule has 0 heterocycles. The average Bonchev–Trinajstić information content (AvgIpc) is 2.59. The molecule has 0 spiro atoms. The SMILES string of the molecule is CC(C)(C)OC(=O)Nc1ccc(CC(C=Cc2ccccc2)S(=O)[O-])c(O)c1.